The maximum absolute atomic E-state index is 11.0. The summed E-state index contributed by atoms with van der Waals surface area (Å²) in [6.07, 6.45) is 0.912. The van der Waals surface area contributed by atoms with Crippen LogP contribution >= 0.6 is 23.5 Å². The number of hydrogen-bond acceptors (Lipinski definition) is 4. The first-order chi connectivity index (χ1) is 25.3. The van der Waals surface area contributed by atoms with Gasteiger partial charge in [0.05, 0.1) is 6.61 Å². The minimum Gasteiger partial charge on any atom is -0.392 e. The Kier molecular flexibility index (Phi) is 11.2. The standard InChI is InChI=1S/C24H24OS.C24H22OS/c2*1-16-3-8-19(9-4-16)22-15-26-23-13-17(2)5-12-21(23)24(22)20-10-6-18(14-25)7-11-20/h3-13,22,24-25H,14-15H2,1-2H3;3-14,22,24H,15H2,1-2H3. The van der Waals surface area contributed by atoms with Crippen molar-refractivity contribution in [2.75, 3.05) is 11.5 Å². The van der Waals surface area contributed by atoms with E-state index < -0.39 is 0 Å². The summed E-state index contributed by atoms with van der Waals surface area (Å²) in [7, 11) is 0. The molecular weight excluding hydrogens is 673 g/mol. The molecule has 4 unspecified atom stereocenters. The lowest BCUT2D eigenvalue weighted by molar-refractivity contribution is 0.112. The fourth-order valence-corrected chi connectivity index (χ4v) is 10.4. The van der Waals surface area contributed by atoms with Gasteiger partial charge >= 0.3 is 0 Å². The zero-order valence-electron chi connectivity index (χ0n) is 30.4. The number of aliphatic hydroxyl groups is 1. The highest BCUT2D eigenvalue weighted by Gasteiger charge is 2.34. The number of carbonyl (C=O) groups excluding carboxylic acids is 1. The number of fused-ring (bicyclic) bond motifs is 2. The second-order valence-corrected chi connectivity index (χ2v) is 16.5. The lowest BCUT2D eigenvalue weighted by atomic mass is 9.77. The maximum atomic E-state index is 11.0. The third-order valence-electron chi connectivity index (χ3n) is 10.6. The molecule has 0 radical (unpaired) electrons. The summed E-state index contributed by atoms with van der Waals surface area (Å²) < 4.78 is 0. The van der Waals surface area contributed by atoms with Crippen molar-refractivity contribution in [1.29, 1.82) is 0 Å². The van der Waals surface area contributed by atoms with E-state index in [1.165, 1.54) is 65.4 Å². The van der Waals surface area contributed by atoms with Gasteiger partial charge in [0.2, 0.25) is 0 Å². The van der Waals surface area contributed by atoms with Crippen molar-refractivity contribution in [3.8, 4) is 0 Å². The first-order valence-electron chi connectivity index (χ1n) is 18.2. The summed E-state index contributed by atoms with van der Waals surface area (Å²) in [6.45, 7) is 8.69. The van der Waals surface area contributed by atoms with Gasteiger partial charge in [-0.15, -0.1) is 23.5 Å². The highest BCUT2D eigenvalue weighted by molar-refractivity contribution is 7.99. The van der Waals surface area contributed by atoms with E-state index in [9.17, 15) is 9.90 Å². The quantitative estimate of drug-likeness (QED) is 0.174. The molecule has 0 aromatic heterocycles. The Bertz CT molecular complexity index is 2130. The van der Waals surface area contributed by atoms with E-state index in [2.05, 4.69) is 149 Å². The number of carbonyl (C=O) groups is 1. The fourth-order valence-electron chi connectivity index (χ4n) is 7.67. The van der Waals surface area contributed by atoms with Gasteiger partial charge in [0.1, 0.15) is 6.29 Å². The van der Waals surface area contributed by atoms with E-state index in [4.69, 9.17) is 0 Å². The van der Waals surface area contributed by atoms with Gasteiger partial charge in [0.25, 0.3) is 0 Å². The molecule has 0 fully saturated rings. The van der Waals surface area contributed by atoms with Crippen LogP contribution < -0.4 is 0 Å². The number of rotatable bonds is 6. The van der Waals surface area contributed by atoms with Crippen LogP contribution in [0, 0.1) is 27.7 Å². The van der Waals surface area contributed by atoms with Gasteiger partial charge < -0.3 is 5.11 Å². The summed E-state index contributed by atoms with van der Waals surface area (Å²) in [4.78, 5) is 13.8. The molecule has 4 atom stereocenters. The molecule has 0 bridgehead atoms. The smallest absolute Gasteiger partial charge is 0.150 e. The van der Waals surface area contributed by atoms with Crippen molar-refractivity contribution < 1.29 is 9.90 Å². The number of hydrogen-bond donors (Lipinski definition) is 1. The second kappa shape index (κ2) is 16.1. The predicted octanol–water partition coefficient (Wildman–Crippen LogP) is 12.0. The lowest BCUT2D eigenvalue weighted by Gasteiger charge is -2.34. The molecule has 262 valence electrons. The van der Waals surface area contributed by atoms with Gasteiger partial charge in [-0.25, -0.2) is 0 Å². The molecule has 1 N–H and O–H groups in total. The minimum absolute atomic E-state index is 0.0952. The van der Waals surface area contributed by atoms with Crippen LogP contribution in [0.4, 0.5) is 0 Å². The highest BCUT2D eigenvalue weighted by Crippen LogP contribution is 2.50. The van der Waals surface area contributed by atoms with Crippen LogP contribution in [0.25, 0.3) is 0 Å². The summed E-state index contributed by atoms with van der Waals surface area (Å²) in [5, 5.41) is 9.38. The first-order valence-corrected chi connectivity index (χ1v) is 20.1. The van der Waals surface area contributed by atoms with E-state index in [1.54, 1.807) is 0 Å². The lowest BCUT2D eigenvalue weighted by Crippen LogP contribution is -2.20. The van der Waals surface area contributed by atoms with Crippen LogP contribution in [0.15, 0.2) is 143 Å². The Labute approximate surface area is 317 Å². The number of aldehydes is 1. The van der Waals surface area contributed by atoms with Gasteiger partial charge in [0.15, 0.2) is 0 Å². The third-order valence-corrected chi connectivity index (χ3v) is 13.0. The van der Waals surface area contributed by atoms with Crippen LogP contribution in [-0.2, 0) is 6.61 Å². The van der Waals surface area contributed by atoms with E-state index in [0.717, 1.165) is 28.9 Å². The van der Waals surface area contributed by atoms with Gasteiger partial charge in [-0.3, -0.25) is 4.79 Å². The molecule has 2 aliphatic heterocycles. The molecule has 0 saturated carbocycles. The predicted molar refractivity (Wildman–Crippen MR) is 220 cm³/mol. The zero-order valence-corrected chi connectivity index (χ0v) is 32.0. The normalized spacial score (nSPS) is 19.1. The van der Waals surface area contributed by atoms with Crippen molar-refractivity contribution in [2.45, 2.75) is 67.8 Å². The van der Waals surface area contributed by atoms with Crippen LogP contribution in [0.5, 0.6) is 0 Å². The molecular formula is C48H46O2S2. The topological polar surface area (TPSA) is 37.3 Å². The Hall–Kier alpha value is -4.35. The number of aryl methyl sites for hydroxylation is 4. The molecule has 6 aromatic rings. The molecule has 2 aliphatic rings. The molecule has 4 heteroatoms. The Balaban J connectivity index is 0.000000162. The average Bonchev–Trinajstić information content (AvgIpc) is 3.18. The minimum atomic E-state index is 0.0952. The van der Waals surface area contributed by atoms with Crippen molar-refractivity contribution in [3.05, 3.63) is 200 Å². The zero-order chi connectivity index (χ0) is 36.2. The maximum Gasteiger partial charge on any atom is 0.150 e. The van der Waals surface area contributed by atoms with Crippen molar-refractivity contribution in [2.24, 2.45) is 0 Å². The molecule has 52 heavy (non-hydrogen) atoms. The summed E-state index contributed by atoms with van der Waals surface area (Å²) >= 11 is 3.94. The van der Waals surface area contributed by atoms with Crippen molar-refractivity contribution in [3.63, 3.8) is 0 Å². The van der Waals surface area contributed by atoms with E-state index in [1.807, 2.05) is 35.7 Å². The third kappa shape index (κ3) is 7.85. The molecule has 0 saturated heterocycles. The van der Waals surface area contributed by atoms with Crippen molar-refractivity contribution >= 4 is 29.8 Å². The number of benzene rings is 6. The first kappa shape index (κ1) is 36.0. The van der Waals surface area contributed by atoms with Gasteiger partial charge in [-0.05, 0) is 89.9 Å². The fraction of sp³-hybridized carbons (Fsp3) is 0.229. The largest absolute Gasteiger partial charge is 0.392 e. The van der Waals surface area contributed by atoms with Crippen LogP contribution in [0.1, 0.15) is 95.2 Å². The Morgan fingerprint density at radius 2 is 0.904 bits per heavy atom. The van der Waals surface area contributed by atoms with E-state index >= 15 is 0 Å². The van der Waals surface area contributed by atoms with Crippen LogP contribution in [0.3, 0.4) is 0 Å². The summed E-state index contributed by atoms with van der Waals surface area (Å²) in [5.41, 5.74) is 15.2. The molecule has 6 aromatic carbocycles. The molecule has 8 rings (SSSR count). The molecule has 2 heterocycles. The highest BCUT2D eigenvalue weighted by atomic mass is 32.2. The molecule has 0 spiro atoms. The number of aliphatic hydroxyl groups excluding tert-OH is 1. The monoisotopic (exact) mass is 718 g/mol. The van der Waals surface area contributed by atoms with E-state index in [0.29, 0.717) is 23.7 Å². The SMILES string of the molecule is Cc1ccc(C2CSc3cc(C)ccc3C2c2ccc(C=O)cc2)cc1.Cc1ccc(C2CSc3cc(C)ccc3C2c2ccc(CO)cc2)cc1. The Morgan fingerprint density at radius 3 is 1.31 bits per heavy atom. The number of thioether (sulfide) groups is 2. The second-order valence-electron chi connectivity index (χ2n) is 14.4. The van der Waals surface area contributed by atoms with E-state index in [-0.39, 0.29) is 6.61 Å². The molecule has 2 nitrogen and oxygen atoms in total. The average molecular weight is 719 g/mol. The molecule has 0 amide bonds. The van der Waals surface area contributed by atoms with Gasteiger partial charge in [-0.2, -0.15) is 0 Å². The van der Waals surface area contributed by atoms with Gasteiger partial charge in [0, 0.05) is 50.5 Å². The van der Waals surface area contributed by atoms with Crippen LogP contribution in [-0.4, -0.2) is 22.9 Å². The Morgan fingerprint density at radius 1 is 0.519 bits per heavy atom. The van der Waals surface area contributed by atoms with Gasteiger partial charge in [-0.1, -0.05) is 132 Å². The summed E-state index contributed by atoms with van der Waals surface area (Å²) in [6, 6.07) is 48.2. The van der Waals surface area contributed by atoms with Crippen LogP contribution in [0.2, 0.25) is 0 Å². The summed E-state index contributed by atoms with van der Waals surface area (Å²) in [5.74, 6) is 3.71. The molecule has 0 aliphatic carbocycles. The van der Waals surface area contributed by atoms with Crippen molar-refractivity contribution in [1.82, 2.24) is 0 Å².